The molecule has 0 amide bonds. The van der Waals surface area contributed by atoms with Gasteiger partial charge in [0.2, 0.25) is 0 Å². The minimum absolute atomic E-state index is 0.451. The molecule has 0 aromatic rings. The van der Waals surface area contributed by atoms with Crippen molar-refractivity contribution in [1.82, 2.24) is 0 Å². The smallest absolute Gasteiger partial charge is 0.0197 e. The van der Waals surface area contributed by atoms with Gasteiger partial charge in [0.1, 0.15) is 0 Å². The predicted octanol–water partition coefficient (Wildman–Crippen LogP) is 1.72. The molecule has 1 aliphatic rings. The van der Waals surface area contributed by atoms with Crippen LogP contribution in [0, 0.1) is 6.61 Å². The Bertz CT molecular complexity index is 66.6. The van der Waals surface area contributed by atoms with Gasteiger partial charge in [-0.15, -0.1) is 13.1 Å². The summed E-state index contributed by atoms with van der Waals surface area (Å²) in [5.74, 6) is 0. The van der Waals surface area contributed by atoms with E-state index in [1.54, 1.807) is 6.61 Å². The molecular weight excluding hydrogens is 114 g/mol. The van der Waals surface area contributed by atoms with Gasteiger partial charge in [0, 0.05) is 6.10 Å². The van der Waals surface area contributed by atoms with Crippen LogP contribution >= 0.6 is 0 Å². The van der Waals surface area contributed by atoms with Crippen molar-refractivity contribution in [3.8, 4) is 0 Å². The van der Waals surface area contributed by atoms with Gasteiger partial charge in [-0.05, 0) is 12.8 Å². The maximum absolute atomic E-state index is 5.30. The number of nitrogens with zero attached hydrogens (tertiary/aromatic N) is 1. The molecule has 0 radical (unpaired) electrons. The minimum Gasteiger partial charge on any atom is -0.662 e. The lowest BCUT2D eigenvalue weighted by Crippen LogP contribution is -2.19. The fraction of sp³-hybridized carbons (Fsp3) is 0.857. The molecule has 2 nitrogen and oxygen atoms in total. The van der Waals surface area contributed by atoms with Crippen LogP contribution in [0.5, 0.6) is 0 Å². The fourth-order valence-corrected chi connectivity index (χ4v) is 1.06. The van der Waals surface area contributed by atoms with E-state index in [9.17, 15) is 0 Å². The average molecular weight is 127 g/mol. The van der Waals surface area contributed by atoms with Crippen molar-refractivity contribution in [1.29, 1.82) is 0 Å². The summed E-state index contributed by atoms with van der Waals surface area (Å²) in [6.45, 7) is 5.67. The van der Waals surface area contributed by atoms with Crippen molar-refractivity contribution in [2.24, 2.45) is 0 Å². The summed E-state index contributed by atoms with van der Waals surface area (Å²) in [5.41, 5.74) is 0. The largest absolute Gasteiger partial charge is 0.662 e. The molecule has 0 spiro atoms. The Morgan fingerprint density at radius 3 is 2.67 bits per heavy atom. The lowest BCUT2D eigenvalue weighted by molar-refractivity contribution is 0.0941. The molecule has 9 heavy (non-hydrogen) atoms. The third kappa shape index (κ3) is 2.33. The van der Waals surface area contributed by atoms with Crippen LogP contribution in [0.1, 0.15) is 19.8 Å². The van der Waals surface area contributed by atoms with Gasteiger partial charge in [-0.25, -0.2) is 6.61 Å². The molecule has 0 bridgehead atoms. The fourth-order valence-electron chi connectivity index (χ4n) is 1.06. The number of piperidine rings is 1. The highest BCUT2D eigenvalue weighted by Crippen LogP contribution is 2.13. The summed E-state index contributed by atoms with van der Waals surface area (Å²) < 4.78 is 5.30. The van der Waals surface area contributed by atoms with E-state index in [1.165, 1.54) is 0 Å². The molecule has 0 atom stereocenters. The maximum Gasteiger partial charge on any atom is 0.0197 e. The highest BCUT2D eigenvalue weighted by molar-refractivity contribution is 4.87. The van der Waals surface area contributed by atoms with E-state index in [1.807, 2.05) is 6.92 Å². The zero-order valence-electron chi connectivity index (χ0n) is 5.84. The molecule has 1 saturated heterocycles. The molecule has 1 heterocycles. The second-order valence-electron chi connectivity index (χ2n) is 2.24. The van der Waals surface area contributed by atoms with Crippen LogP contribution in [0.4, 0.5) is 0 Å². The van der Waals surface area contributed by atoms with E-state index in [-0.39, 0.29) is 0 Å². The van der Waals surface area contributed by atoms with Gasteiger partial charge in [0.05, 0.1) is 0 Å². The molecule has 1 rings (SSSR count). The molecule has 0 N–H and O–H groups in total. The van der Waals surface area contributed by atoms with E-state index in [4.69, 9.17) is 4.74 Å². The summed E-state index contributed by atoms with van der Waals surface area (Å²) >= 11 is 0. The van der Waals surface area contributed by atoms with Gasteiger partial charge >= 0.3 is 0 Å². The zero-order valence-corrected chi connectivity index (χ0v) is 5.84. The van der Waals surface area contributed by atoms with Crippen molar-refractivity contribution in [3.63, 3.8) is 0 Å². The van der Waals surface area contributed by atoms with Crippen LogP contribution in [-0.2, 0) is 4.74 Å². The summed E-state index contributed by atoms with van der Waals surface area (Å²) in [5, 5.41) is 4.22. The Balaban J connectivity index is 2.08. The van der Waals surface area contributed by atoms with Crippen molar-refractivity contribution >= 4 is 0 Å². The minimum atomic E-state index is 0.451. The van der Waals surface area contributed by atoms with Crippen LogP contribution in [0.2, 0.25) is 0 Å². The van der Waals surface area contributed by atoms with Gasteiger partial charge in [0.25, 0.3) is 0 Å². The average Bonchev–Trinajstić information content (AvgIpc) is 1.91. The monoisotopic (exact) mass is 127 g/mol. The highest BCUT2D eigenvalue weighted by Gasteiger charge is 2.01. The molecule has 54 valence electrons. The molecule has 0 unspecified atom stereocenters. The van der Waals surface area contributed by atoms with Crippen molar-refractivity contribution in [2.75, 3.05) is 13.1 Å². The van der Waals surface area contributed by atoms with E-state index >= 15 is 0 Å². The molecule has 1 aliphatic heterocycles. The predicted molar refractivity (Wildman–Crippen MR) is 37.2 cm³/mol. The molecule has 0 aromatic carbocycles. The molecule has 2 heteroatoms. The second kappa shape index (κ2) is 3.85. The Labute approximate surface area is 56.6 Å². The van der Waals surface area contributed by atoms with Crippen LogP contribution in [0.3, 0.4) is 0 Å². The lowest BCUT2D eigenvalue weighted by atomic mass is 10.1. The summed E-state index contributed by atoms with van der Waals surface area (Å²) in [6.07, 6.45) is 2.65. The highest BCUT2D eigenvalue weighted by atomic mass is 16.5. The van der Waals surface area contributed by atoms with E-state index < -0.39 is 0 Å². The summed E-state index contributed by atoms with van der Waals surface area (Å²) in [4.78, 5) is 0. The number of hydrogen-bond acceptors (Lipinski definition) is 1. The van der Waals surface area contributed by atoms with Gasteiger partial charge in [-0.1, -0.05) is 0 Å². The first kappa shape index (κ1) is 7.03. The van der Waals surface area contributed by atoms with Gasteiger partial charge in [-0.3, -0.25) is 0 Å². The molecular formula is C7H13NO-2. The number of rotatable bonds is 2. The van der Waals surface area contributed by atoms with Gasteiger partial charge < -0.3 is 10.1 Å². The Morgan fingerprint density at radius 1 is 1.44 bits per heavy atom. The Morgan fingerprint density at radius 2 is 2.11 bits per heavy atom. The van der Waals surface area contributed by atoms with Crippen LogP contribution in [-0.4, -0.2) is 19.2 Å². The van der Waals surface area contributed by atoms with E-state index in [0.717, 1.165) is 25.9 Å². The van der Waals surface area contributed by atoms with Gasteiger partial charge in [-0.2, -0.15) is 6.92 Å². The lowest BCUT2D eigenvalue weighted by Gasteiger charge is -2.34. The standard InChI is InChI=1S/C7H13NO/c1-2-9-7-3-5-8-6-4-7/h2,7H,3-6H2,1H3/q-2. The Hall–Kier alpha value is -0.0800. The molecule has 0 saturated carbocycles. The van der Waals surface area contributed by atoms with Crippen LogP contribution in [0.25, 0.3) is 5.32 Å². The third-order valence-corrected chi connectivity index (χ3v) is 1.55. The summed E-state index contributed by atoms with van der Waals surface area (Å²) in [6, 6.07) is 0. The number of ether oxygens (including phenoxy) is 1. The topological polar surface area (TPSA) is 23.3 Å². The normalized spacial score (nSPS) is 22.3. The molecule has 1 fully saturated rings. The van der Waals surface area contributed by atoms with E-state index in [2.05, 4.69) is 5.32 Å². The quantitative estimate of drug-likeness (QED) is 0.518. The zero-order chi connectivity index (χ0) is 6.53. The first-order valence-corrected chi connectivity index (χ1v) is 3.50. The number of hydrogen-bond donors (Lipinski definition) is 0. The summed E-state index contributed by atoms with van der Waals surface area (Å²) in [7, 11) is 0. The molecule has 0 aliphatic carbocycles. The van der Waals surface area contributed by atoms with Crippen LogP contribution < -0.4 is 0 Å². The van der Waals surface area contributed by atoms with Crippen molar-refractivity contribution in [3.05, 3.63) is 11.9 Å². The first-order chi connectivity index (χ1) is 4.43. The van der Waals surface area contributed by atoms with Crippen molar-refractivity contribution < 1.29 is 4.74 Å². The van der Waals surface area contributed by atoms with Crippen LogP contribution in [0.15, 0.2) is 0 Å². The second-order valence-corrected chi connectivity index (χ2v) is 2.24. The maximum atomic E-state index is 5.30. The first-order valence-electron chi connectivity index (χ1n) is 3.50. The Kier molecular flexibility index (Phi) is 3.01. The van der Waals surface area contributed by atoms with Gasteiger partial charge in [0.15, 0.2) is 0 Å². The SMILES string of the molecule is C[CH-]OC1CC[N-]CC1. The van der Waals surface area contributed by atoms with E-state index in [0.29, 0.717) is 6.10 Å². The molecule has 0 aromatic heterocycles. The third-order valence-electron chi connectivity index (χ3n) is 1.55. The van der Waals surface area contributed by atoms with Crippen molar-refractivity contribution in [2.45, 2.75) is 25.9 Å².